The second-order valence-electron chi connectivity index (χ2n) is 6.52. The monoisotopic (exact) mass is 331 g/mol. The molecule has 0 saturated carbocycles. The third-order valence-electron chi connectivity index (χ3n) is 4.98. The molecular formula is C21H21N3O. The molecule has 4 heteroatoms. The van der Waals surface area contributed by atoms with Crippen LogP contribution in [0.3, 0.4) is 0 Å². The Kier molecular flexibility index (Phi) is 4.20. The highest BCUT2D eigenvalue weighted by molar-refractivity contribution is 5.96. The molecule has 4 rings (SSSR count). The van der Waals surface area contributed by atoms with Gasteiger partial charge in [-0.2, -0.15) is 0 Å². The van der Waals surface area contributed by atoms with Crippen LogP contribution in [0.5, 0.6) is 0 Å². The zero-order valence-electron chi connectivity index (χ0n) is 14.3. The van der Waals surface area contributed by atoms with Crippen molar-refractivity contribution in [3.8, 4) is 11.1 Å². The summed E-state index contributed by atoms with van der Waals surface area (Å²) in [6.45, 7) is 1.86. The Labute approximate surface area is 147 Å². The summed E-state index contributed by atoms with van der Waals surface area (Å²) in [5.74, 6) is 0.0799. The van der Waals surface area contributed by atoms with Crippen molar-refractivity contribution in [3.63, 3.8) is 0 Å². The Morgan fingerprint density at radius 1 is 1.12 bits per heavy atom. The number of carbonyl (C=O) groups is 1. The molecule has 1 N–H and O–H groups in total. The third-order valence-corrected chi connectivity index (χ3v) is 4.98. The lowest BCUT2D eigenvalue weighted by Crippen LogP contribution is -2.38. The van der Waals surface area contributed by atoms with Gasteiger partial charge in [0.15, 0.2) is 0 Å². The van der Waals surface area contributed by atoms with Gasteiger partial charge < -0.3 is 10.2 Å². The van der Waals surface area contributed by atoms with E-state index in [4.69, 9.17) is 0 Å². The Balaban J connectivity index is 1.62. The molecule has 25 heavy (non-hydrogen) atoms. The van der Waals surface area contributed by atoms with E-state index in [9.17, 15) is 4.79 Å². The van der Waals surface area contributed by atoms with Gasteiger partial charge >= 0.3 is 0 Å². The van der Waals surface area contributed by atoms with Gasteiger partial charge in [-0.3, -0.25) is 9.78 Å². The van der Waals surface area contributed by atoms with Crippen LogP contribution < -0.4 is 5.32 Å². The number of hydrogen-bond acceptors (Lipinski definition) is 3. The number of aromatic nitrogens is 1. The first-order chi connectivity index (χ1) is 12.2. The maximum atomic E-state index is 12.7. The van der Waals surface area contributed by atoms with Gasteiger partial charge in [-0.05, 0) is 36.7 Å². The number of carbonyl (C=O) groups excluding carboxylic acids is 1. The van der Waals surface area contributed by atoms with E-state index in [1.54, 1.807) is 0 Å². The molecule has 1 atom stereocenters. The summed E-state index contributed by atoms with van der Waals surface area (Å²) in [6, 6.07) is 18.3. The Hall–Kier alpha value is -2.72. The summed E-state index contributed by atoms with van der Waals surface area (Å²) < 4.78 is 0. The van der Waals surface area contributed by atoms with Crippen molar-refractivity contribution in [2.45, 2.75) is 12.5 Å². The molecule has 1 fully saturated rings. The zero-order valence-corrected chi connectivity index (χ0v) is 14.3. The first-order valence-corrected chi connectivity index (χ1v) is 8.66. The van der Waals surface area contributed by atoms with E-state index in [-0.39, 0.29) is 11.9 Å². The predicted molar refractivity (Wildman–Crippen MR) is 101 cm³/mol. The average Bonchev–Trinajstić information content (AvgIpc) is 3.21. The van der Waals surface area contributed by atoms with Gasteiger partial charge in [-0.15, -0.1) is 0 Å². The van der Waals surface area contributed by atoms with Gasteiger partial charge in [-0.1, -0.05) is 36.4 Å². The Morgan fingerprint density at radius 2 is 1.92 bits per heavy atom. The zero-order chi connectivity index (χ0) is 17.2. The molecular weight excluding hydrogens is 310 g/mol. The SMILES string of the molecule is CN(C(=O)c1ccc(-c2cccc3cccnc23)cc1)C1CCNC1. The molecule has 1 aromatic heterocycles. The fourth-order valence-electron chi connectivity index (χ4n) is 3.47. The molecule has 0 bridgehead atoms. The lowest BCUT2D eigenvalue weighted by molar-refractivity contribution is 0.0744. The van der Waals surface area contributed by atoms with Crippen molar-refractivity contribution in [2.75, 3.05) is 20.1 Å². The fourth-order valence-corrected chi connectivity index (χ4v) is 3.47. The van der Waals surface area contributed by atoms with Gasteiger partial charge in [0.25, 0.3) is 5.91 Å². The number of amides is 1. The van der Waals surface area contributed by atoms with Crippen LogP contribution in [-0.2, 0) is 0 Å². The summed E-state index contributed by atoms with van der Waals surface area (Å²) in [5, 5.41) is 4.43. The fraction of sp³-hybridized carbons (Fsp3) is 0.238. The largest absolute Gasteiger partial charge is 0.337 e. The van der Waals surface area contributed by atoms with Crippen LogP contribution in [-0.4, -0.2) is 42.0 Å². The second-order valence-corrected chi connectivity index (χ2v) is 6.52. The van der Waals surface area contributed by atoms with Gasteiger partial charge in [-0.25, -0.2) is 0 Å². The maximum absolute atomic E-state index is 12.7. The highest BCUT2D eigenvalue weighted by atomic mass is 16.2. The van der Waals surface area contributed by atoms with Crippen molar-refractivity contribution in [1.82, 2.24) is 15.2 Å². The van der Waals surface area contributed by atoms with Crippen molar-refractivity contribution in [2.24, 2.45) is 0 Å². The third kappa shape index (κ3) is 3.01. The number of pyridine rings is 1. The highest BCUT2D eigenvalue weighted by Gasteiger charge is 2.23. The Morgan fingerprint density at radius 3 is 2.68 bits per heavy atom. The number of fused-ring (bicyclic) bond motifs is 1. The molecule has 0 aliphatic carbocycles. The Bertz CT molecular complexity index is 893. The van der Waals surface area contributed by atoms with Crippen molar-refractivity contribution >= 4 is 16.8 Å². The van der Waals surface area contributed by atoms with Crippen LogP contribution >= 0.6 is 0 Å². The predicted octanol–water partition coefficient (Wildman–Crippen LogP) is 3.34. The highest BCUT2D eigenvalue weighted by Crippen LogP contribution is 2.27. The number of hydrogen-bond donors (Lipinski definition) is 1. The summed E-state index contributed by atoms with van der Waals surface area (Å²) in [7, 11) is 1.89. The van der Waals surface area contributed by atoms with Crippen LogP contribution in [0.4, 0.5) is 0 Å². The standard InChI is InChI=1S/C21H21N3O/c1-24(18-11-13-22-14-18)21(25)17-9-7-15(8-10-17)19-6-2-4-16-5-3-12-23-20(16)19/h2-10,12,18,22H,11,13-14H2,1H3. The van der Waals surface area contributed by atoms with Gasteiger partial charge in [0.1, 0.15) is 0 Å². The molecule has 1 amide bonds. The van der Waals surface area contributed by atoms with E-state index >= 15 is 0 Å². The van der Waals surface area contributed by atoms with Gasteiger partial charge in [0.2, 0.25) is 0 Å². The average molecular weight is 331 g/mol. The smallest absolute Gasteiger partial charge is 0.253 e. The van der Waals surface area contributed by atoms with Gasteiger partial charge in [0.05, 0.1) is 5.52 Å². The molecule has 2 heterocycles. The summed E-state index contributed by atoms with van der Waals surface area (Å²) in [5.41, 5.74) is 3.88. The summed E-state index contributed by atoms with van der Waals surface area (Å²) >= 11 is 0. The molecule has 2 aromatic carbocycles. The van der Waals surface area contributed by atoms with Gasteiger partial charge in [0, 0.05) is 42.3 Å². The molecule has 126 valence electrons. The minimum atomic E-state index is 0.0799. The van der Waals surface area contributed by atoms with Crippen LogP contribution in [0.15, 0.2) is 60.8 Å². The van der Waals surface area contributed by atoms with Crippen molar-refractivity contribution in [1.29, 1.82) is 0 Å². The van der Waals surface area contributed by atoms with Crippen molar-refractivity contribution < 1.29 is 4.79 Å². The van der Waals surface area contributed by atoms with E-state index < -0.39 is 0 Å². The normalized spacial score (nSPS) is 16.9. The summed E-state index contributed by atoms with van der Waals surface area (Å²) in [6.07, 6.45) is 2.83. The molecule has 1 aliphatic rings. The number of likely N-dealkylation sites (N-methyl/N-ethyl adjacent to an activating group) is 1. The molecule has 1 aliphatic heterocycles. The first-order valence-electron chi connectivity index (χ1n) is 8.66. The minimum Gasteiger partial charge on any atom is -0.337 e. The number of benzene rings is 2. The molecule has 0 spiro atoms. The number of rotatable bonds is 3. The van der Waals surface area contributed by atoms with E-state index in [2.05, 4.69) is 28.5 Å². The molecule has 3 aromatic rings. The lowest BCUT2D eigenvalue weighted by Gasteiger charge is -2.23. The molecule has 1 unspecified atom stereocenters. The van der Waals surface area contributed by atoms with E-state index in [1.807, 2.05) is 54.5 Å². The topological polar surface area (TPSA) is 45.2 Å². The molecule has 0 radical (unpaired) electrons. The second kappa shape index (κ2) is 6.65. The van der Waals surface area contributed by atoms with Crippen molar-refractivity contribution in [3.05, 3.63) is 66.4 Å². The van der Waals surface area contributed by atoms with Crippen LogP contribution in [0.1, 0.15) is 16.8 Å². The number of para-hydroxylation sites is 1. The van der Waals surface area contributed by atoms with E-state index in [1.165, 1.54) is 0 Å². The lowest BCUT2D eigenvalue weighted by atomic mass is 10.0. The van der Waals surface area contributed by atoms with E-state index in [0.29, 0.717) is 0 Å². The maximum Gasteiger partial charge on any atom is 0.253 e. The molecule has 1 saturated heterocycles. The number of nitrogens with zero attached hydrogens (tertiary/aromatic N) is 2. The molecule has 4 nitrogen and oxygen atoms in total. The van der Waals surface area contributed by atoms with Crippen LogP contribution in [0, 0.1) is 0 Å². The minimum absolute atomic E-state index is 0.0799. The van der Waals surface area contributed by atoms with Crippen LogP contribution in [0.2, 0.25) is 0 Å². The number of nitrogens with one attached hydrogen (secondary N) is 1. The first kappa shape index (κ1) is 15.8. The quantitative estimate of drug-likeness (QED) is 0.801. The van der Waals surface area contributed by atoms with Crippen LogP contribution in [0.25, 0.3) is 22.0 Å². The summed E-state index contributed by atoms with van der Waals surface area (Å²) in [4.78, 5) is 19.0. The van der Waals surface area contributed by atoms with E-state index in [0.717, 1.165) is 47.1 Å².